The molecule has 0 radical (unpaired) electrons. The number of hydrogen-bond donors (Lipinski definition) is 1. The van der Waals surface area contributed by atoms with E-state index in [4.69, 9.17) is 9.97 Å². The van der Waals surface area contributed by atoms with Crippen molar-refractivity contribution in [2.45, 2.75) is 6.54 Å². The number of nitrogens with zero attached hydrogens (tertiary/aromatic N) is 5. The van der Waals surface area contributed by atoms with Crippen molar-refractivity contribution in [3.8, 4) is 0 Å². The molecule has 1 aliphatic rings. The van der Waals surface area contributed by atoms with Crippen LogP contribution in [0.4, 0.5) is 17.6 Å². The number of thiophene rings is 1. The van der Waals surface area contributed by atoms with Crippen LogP contribution in [0.15, 0.2) is 60.0 Å². The van der Waals surface area contributed by atoms with E-state index in [1.165, 1.54) is 5.56 Å². The number of allylic oxidation sites excluding steroid dienone is 4. The zero-order valence-electron chi connectivity index (χ0n) is 16.6. The lowest BCUT2D eigenvalue weighted by Crippen LogP contribution is -2.46. The lowest BCUT2D eigenvalue weighted by atomic mass is 10.2. The van der Waals surface area contributed by atoms with Gasteiger partial charge in [0.2, 0.25) is 5.95 Å². The van der Waals surface area contributed by atoms with Crippen LogP contribution >= 0.6 is 11.3 Å². The summed E-state index contributed by atoms with van der Waals surface area (Å²) in [6, 6.07) is 4.16. The van der Waals surface area contributed by atoms with E-state index in [9.17, 15) is 0 Å². The molecule has 1 saturated heterocycles. The van der Waals surface area contributed by atoms with Crippen LogP contribution in [0.3, 0.4) is 0 Å². The molecule has 28 heavy (non-hydrogen) atoms. The highest BCUT2D eigenvalue weighted by molar-refractivity contribution is 7.07. The molecule has 0 unspecified atom stereocenters. The average Bonchev–Trinajstić information content (AvgIpc) is 3.21. The van der Waals surface area contributed by atoms with E-state index in [0.29, 0.717) is 0 Å². The minimum absolute atomic E-state index is 0.777. The van der Waals surface area contributed by atoms with Crippen LogP contribution in [0.5, 0.6) is 0 Å². The minimum atomic E-state index is 0.777. The maximum absolute atomic E-state index is 4.75. The Kier molecular flexibility index (Phi) is 7.22. The van der Waals surface area contributed by atoms with Crippen LogP contribution in [-0.2, 0) is 6.54 Å². The zero-order chi connectivity index (χ0) is 19.8. The maximum Gasteiger partial charge on any atom is 0.229 e. The number of rotatable bonds is 8. The molecule has 6 nitrogen and oxygen atoms in total. The summed E-state index contributed by atoms with van der Waals surface area (Å²) in [6.07, 6.45) is 9.33. The van der Waals surface area contributed by atoms with E-state index in [2.05, 4.69) is 38.5 Å². The third kappa shape index (κ3) is 5.68. The van der Waals surface area contributed by atoms with E-state index >= 15 is 0 Å². The Morgan fingerprint density at radius 1 is 1.18 bits per heavy atom. The summed E-state index contributed by atoms with van der Waals surface area (Å²) in [6.45, 7) is 8.57. The summed E-state index contributed by atoms with van der Waals surface area (Å²) < 4.78 is 0. The van der Waals surface area contributed by atoms with E-state index in [1.54, 1.807) is 17.4 Å². The molecule has 1 fully saturated rings. The van der Waals surface area contributed by atoms with E-state index < -0.39 is 0 Å². The first-order valence-electron chi connectivity index (χ1n) is 9.41. The van der Waals surface area contributed by atoms with Crippen LogP contribution < -0.4 is 15.1 Å². The Balaban J connectivity index is 1.66. The normalized spacial score (nSPS) is 15.4. The maximum atomic E-state index is 4.75. The van der Waals surface area contributed by atoms with Gasteiger partial charge in [-0.2, -0.15) is 21.3 Å². The molecule has 0 amide bonds. The third-order valence-electron chi connectivity index (χ3n) is 4.49. The van der Waals surface area contributed by atoms with Crippen molar-refractivity contribution in [3.63, 3.8) is 0 Å². The van der Waals surface area contributed by atoms with Crippen LogP contribution in [0.1, 0.15) is 5.56 Å². The van der Waals surface area contributed by atoms with Crippen molar-refractivity contribution in [1.29, 1.82) is 0 Å². The third-order valence-corrected chi connectivity index (χ3v) is 5.22. The summed E-state index contributed by atoms with van der Waals surface area (Å²) in [5.41, 5.74) is 1.40. The Bertz CT molecular complexity index is 804. The van der Waals surface area contributed by atoms with Gasteiger partial charge in [-0.1, -0.05) is 24.8 Å². The lowest BCUT2D eigenvalue weighted by Gasteiger charge is -2.35. The molecule has 3 heterocycles. The van der Waals surface area contributed by atoms with Gasteiger partial charge in [-0.3, -0.25) is 4.90 Å². The predicted molar refractivity (Wildman–Crippen MR) is 120 cm³/mol. The lowest BCUT2D eigenvalue weighted by molar-refractivity contribution is 0.249. The van der Waals surface area contributed by atoms with E-state index in [-0.39, 0.29) is 0 Å². The van der Waals surface area contributed by atoms with Crippen molar-refractivity contribution in [2.24, 2.45) is 0 Å². The van der Waals surface area contributed by atoms with E-state index in [1.807, 2.05) is 49.5 Å². The second kappa shape index (κ2) is 10.1. The van der Waals surface area contributed by atoms with Gasteiger partial charge in [0.05, 0.1) is 0 Å². The molecule has 148 valence electrons. The van der Waals surface area contributed by atoms with Gasteiger partial charge >= 0.3 is 0 Å². The zero-order valence-corrected chi connectivity index (χ0v) is 17.4. The molecule has 0 saturated carbocycles. The van der Waals surface area contributed by atoms with Crippen molar-refractivity contribution in [3.05, 3.63) is 65.5 Å². The van der Waals surface area contributed by atoms with Gasteiger partial charge in [0.15, 0.2) is 0 Å². The number of aromatic nitrogens is 2. The Labute approximate surface area is 171 Å². The van der Waals surface area contributed by atoms with Crippen molar-refractivity contribution in [1.82, 2.24) is 14.9 Å². The molecule has 0 atom stereocenters. The molecule has 1 N–H and O–H groups in total. The largest absolute Gasteiger partial charge is 0.363 e. The first kappa shape index (κ1) is 20.1. The molecule has 3 rings (SSSR count). The van der Waals surface area contributed by atoms with Gasteiger partial charge in [0, 0.05) is 59.1 Å². The van der Waals surface area contributed by atoms with Gasteiger partial charge in [0.25, 0.3) is 0 Å². The Morgan fingerprint density at radius 3 is 2.68 bits per heavy atom. The van der Waals surface area contributed by atoms with Gasteiger partial charge in [-0.15, -0.1) is 0 Å². The SMILES string of the molecule is C=C/C=C\C=C\Nc1cc(N(C)C)nc(N2CCN(Cc3ccsc3)CC2)n1. The summed E-state index contributed by atoms with van der Waals surface area (Å²) in [5.74, 6) is 2.46. The van der Waals surface area contributed by atoms with Crippen molar-refractivity contribution < 1.29 is 0 Å². The van der Waals surface area contributed by atoms with Gasteiger partial charge in [0.1, 0.15) is 11.6 Å². The van der Waals surface area contributed by atoms with Crippen LogP contribution in [0.2, 0.25) is 0 Å². The predicted octanol–water partition coefficient (Wildman–Crippen LogP) is 3.59. The average molecular weight is 397 g/mol. The van der Waals surface area contributed by atoms with Gasteiger partial charge in [-0.05, 0) is 28.5 Å². The summed E-state index contributed by atoms with van der Waals surface area (Å²) in [7, 11) is 3.99. The van der Waals surface area contributed by atoms with E-state index in [0.717, 1.165) is 50.3 Å². The summed E-state index contributed by atoms with van der Waals surface area (Å²) >= 11 is 1.76. The number of hydrogen-bond acceptors (Lipinski definition) is 7. The molecule has 0 bridgehead atoms. The Morgan fingerprint density at radius 2 is 2.00 bits per heavy atom. The van der Waals surface area contributed by atoms with Crippen LogP contribution in [0.25, 0.3) is 0 Å². The first-order valence-corrected chi connectivity index (χ1v) is 10.4. The van der Waals surface area contributed by atoms with Gasteiger partial charge in [-0.25, -0.2) is 0 Å². The summed E-state index contributed by atoms with van der Waals surface area (Å²) in [4.78, 5) is 16.2. The molecular formula is C21H28N6S. The molecule has 2 aromatic heterocycles. The quantitative estimate of drug-likeness (QED) is 0.688. The van der Waals surface area contributed by atoms with Gasteiger partial charge < -0.3 is 15.1 Å². The number of piperazine rings is 1. The highest BCUT2D eigenvalue weighted by Crippen LogP contribution is 2.21. The molecule has 0 aromatic carbocycles. The fraction of sp³-hybridized carbons (Fsp3) is 0.333. The fourth-order valence-corrected chi connectivity index (χ4v) is 3.60. The fourth-order valence-electron chi connectivity index (χ4n) is 2.95. The topological polar surface area (TPSA) is 47.5 Å². The number of nitrogens with one attached hydrogen (secondary N) is 1. The molecule has 7 heteroatoms. The molecule has 2 aromatic rings. The molecule has 1 aliphatic heterocycles. The highest BCUT2D eigenvalue weighted by atomic mass is 32.1. The number of anilines is 3. The summed E-state index contributed by atoms with van der Waals surface area (Å²) in [5, 5.41) is 7.61. The molecule has 0 spiro atoms. The molecule has 0 aliphatic carbocycles. The minimum Gasteiger partial charge on any atom is -0.363 e. The van der Waals surface area contributed by atoms with Crippen molar-refractivity contribution >= 4 is 28.9 Å². The monoisotopic (exact) mass is 396 g/mol. The second-order valence-corrected chi connectivity index (χ2v) is 7.60. The Hall–Kier alpha value is -2.64. The van der Waals surface area contributed by atoms with Crippen LogP contribution in [-0.4, -0.2) is 55.1 Å². The van der Waals surface area contributed by atoms with Crippen molar-refractivity contribution in [2.75, 3.05) is 55.4 Å². The smallest absolute Gasteiger partial charge is 0.229 e. The van der Waals surface area contributed by atoms with Crippen LogP contribution in [0, 0.1) is 0 Å². The standard InChI is InChI=1S/C21H28N6S/c1-4-5-6-7-9-22-19-15-20(25(2)3)24-21(23-19)27-12-10-26(11-13-27)16-18-8-14-28-17-18/h4-9,14-15,17H,1,10-13,16H2,2-3H3,(H,22,23,24)/b6-5-,9-7+. The first-order chi connectivity index (χ1) is 13.7. The molecular weight excluding hydrogens is 368 g/mol. The second-order valence-electron chi connectivity index (χ2n) is 6.82. The highest BCUT2D eigenvalue weighted by Gasteiger charge is 2.20.